The van der Waals surface area contributed by atoms with Crippen molar-refractivity contribution in [2.24, 2.45) is 5.92 Å². The molecule has 0 aliphatic heterocycles. The quantitative estimate of drug-likeness (QED) is 0.721. The first-order valence-corrected chi connectivity index (χ1v) is 6.54. The zero-order chi connectivity index (χ0) is 14.4. The zero-order valence-corrected chi connectivity index (χ0v) is 11.0. The molecule has 0 bridgehead atoms. The van der Waals surface area contributed by atoms with Gasteiger partial charge in [0.1, 0.15) is 0 Å². The van der Waals surface area contributed by atoms with Gasteiger partial charge in [-0.25, -0.2) is 4.79 Å². The average molecular weight is 271 g/mol. The third-order valence-corrected chi connectivity index (χ3v) is 3.23. The van der Waals surface area contributed by atoms with Crippen molar-refractivity contribution in [2.75, 3.05) is 6.61 Å². The summed E-state index contributed by atoms with van der Waals surface area (Å²) in [6.45, 7) is 0.485. The molecule has 2 amide bonds. The molecule has 0 aromatic heterocycles. The van der Waals surface area contributed by atoms with E-state index in [1.165, 1.54) is 0 Å². The first-order chi connectivity index (χ1) is 9.71. The topological polar surface area (TPSA) is 85.2 Å². The number of aliphatic hydroxyl groups excluding tert-OH is 1. The molecule has 5 heteroatoms. The van der Waals surface area contributed by atoms with Crippen LogP contribution in [0, 0.1) is 17.2 Å². The van der Waals surface area contributed by atoms with Crippen LogP contribution in [0.25, 0.3) is 0 Å². The molecule has 1 aromatic rings. The Kier molecular flexibility index (Phi) is 4.75. The first kappa shape index (κ1) is 14.1. The second-order valence-corrected chi connectivity index (χ2v) is 4.81. The molecular formula is C15H17N3O2. The smallest absolute Gasteiger partial charge is 0.315 e. The molecule has 0 unspecified atom stereocenters. The van der Waals surface area contributed by atoms with Crippen molar-refractivity contribution in [1.82, 2.24) is 10.6 Å². The lowest BCUT2D eigenvalue weighted by molar-refractivity contribution is 0.231. The number of nitriles is 1. The monoisotopic (exact) mass is 271 g/mol. The van der Waals surface area contributed by atoms with Gasteiger partial charge in [-0.1, -0.05) is 24.3 Å². The summed E-state index contributed by atoms with van der Waals surface area (Å²) in [7, 11) is 0. The van der Waals surface area contributed by atoms with Gasteiger partial charge in [0.25, 0.3) is 0 Å². The van der Waals surface area contributed by atoms with Crippen molar-refractivity contribution in [3.63, 3.8) is 0 Å². The average Bonchev–Trinajstić information content (AvgIpc) is 2.93. The largest absolute Gasteiger partial charge is 0.396 e. The van der Waals surface area contributed by atoms with E-state index in [0.717, 1.165) is 12.0 Å². The Balaban J connectivity index is 1.78. The fourth-order valence-corrected chi connectivity index (χ4v) is 2.17. The van der Waals surface area contributed by atoms with Crippen LogP contribution in [0.2, 0.25) is 0 Å². The highest BCUT2D eigenvalue weighted by atomic mass is 16.3. The van der Waals surface area contributed by atoms with Gasteiger partial charge in [0.05, 0.1) is 11.6 Å². The molecule has 1 aliphatic rings. The maximum Gasteiger partial charge on any atom is 0.315 e. The van der Waals surface area contributed by atoms with Gasteiger partial charge in [-0.05, 0) is 24.1 Å². The lowest BCUT2D eigenvalue weighted by atomic mass is 10.1. The first-order valence-electron chi connectivity index (χ1n) is 6.54. The lowest BCUT2D eigenvalue weighted by Crippen LogP contribution is -2.40. The molecule has 2 rings (SSSR count). The number of amides is 2. The van der Waals surface area contributed by atoms with Gasteiger partial charge in [-0.3, -0.25) is 0 Å². The van der Waals surface area contributed by atoms with Gasteiger partial charge in [0.2, 0.25) is 0 Å². The van der Waals surface area contributed by atoms with Crippen LogP contribution >= 0.6 is 0 Å². The van der Waals surface area contributed by atoms with E-state index in [4.69, 9.17) is 10.4 Å². The van der Waals surface area contributed by atoms with Crippen molar-refractivity contribution in [3.05, 3.63) is 47.5 Å². The molecule has 104 valence electrons. The number of urea groups is 1. The van der Waals surface area contributed by atoms with Crippen molar-refractivity contribution < 1.29 is 9.90 Å². The van der Waals surface area contributed by atoms with Crippen LogP contribution in [0.1, 0.15) is 17.5 Å². The predicted octanol–water partition coefficient (Wildman–Crippen LogP) is 1.29. The molecule has 1 aromatic carbocycles. The predicted molar refractivity (Wildman–Crippen MR) is 74.6 cm³/mol. The maximum atomic E-state index is 11.7. The van der Waals surface area contributed by atoms with Crippen LogP contribution in [0.3, 0.4) is 0 Å². The van der Waals surface area contributed by atoms with Gasteiger partial charge in [-0.15, -0.1) is 0 Å². The van der Waals surface area contributed by atoms with Gasteiger partial charge in [0, 0.05) is 25.1 Å². The summed E-state index contributed by atoms with van der Waals surface area (Å²) in [6, 6.07) is 8.91. The Morgan fingerprint density at radius 1 is 1.45 bits per heavy atom. The molecule has 0 spiro atoms. The molecule has 2 atom stereocenters. The Bertz CT molecular complexity index is 548. The molecule has 1 aliphatic carbocycles. The zero-order valence-electron chi connectivity index (χ0n) is 11.0. The van der Waals surface area contributed by atoms with Crippen LogP contribution in [-0.4, -0.2) is 23.8 Å². The number of hydrogen-bond acceptors (Lipinski definition) is 3. The van der Waals surface area contributed by atoms with E-state index >= 15 is 0 Å². The molecule has 0 saturated carbocycles. The van der Waals surface area contributed by atoms with E-state index in [2.05, 4.69) is 16.7 Å². The molecule has 5 nitrogen and oxygen atoms in total. The highest BCUT2D eigenvalue weighted by molar-refractivity contribution is 5.74. The normalized spacial score (nSPS) is 20.4. The third kappa shape index (κ3) is 3.84. The van der Waals surface area contributed by atoms with E-state index in [1.807, 2.05) is 18.2 Å². The third-order valence-electron chi connectivity index (χ3n) is 3.23. The molecule has 0 heterocycles. The summed E-state index contributed by atoms with van der Waals surface area (Å²) in [6.07, 6.45) is 4.55. The van der Waals surface area contributed by atoms with Gasteiger partial charge < -0.3 is 15.7 Å². The summed E-state index contributed by atoms with van der Waals surface area (Å²) in [5.41, 5.74) is 1.46. The minimum atomic E-state index is -0.249. The molecule has 0 radical (unpaired) electrons. The summed E-state index contributed by atoms with van der Waals surface area (Å²) in [5, 5.41) is 23.4. The summed E-state index contributed by atoms with van der Waals surface area (Å²) >= 11 is 0. The van der Waals surface area contributed by atoms with Crippen LogP contribution < -0.4 is 10.6 Å². The Morgan fingerprint density at radius 3 is 3.00 bits per heavy atom. The van der Waals surface area contributed by atoms with Crippen LogP contribution in [0.4, 0.5) is 4.79 Å². The second kappa shape index (κ2) is 6.73. The molecule has 3 N–H and O–H groups in total. The maximum absolute atomic E-state index is 11.7. The molecular weight excluding hydrogens is 254 g/mol. The van der Waals surface area contributed by atoms with Crippen molar-refractivity contribution in [2.45, 2.75) is 19.0 Å². The lowest BCUT2D eigenvalue weighted by Gasteiger charge is -2.13. The minimum Gasteiger partial charge on any atom is -0.396 e. The molecule has 0 saturated heterocycles. The number of rotatable bonds is 4. The van der Waals surface area contributed by atoms with Crippen LogP contribution in [0.15, 0.2) is 36.4 Å². The van der Waals surface area contributed by atoms with Gasteiger partial charge >= 0.3 is 6.03 Å². The highest BCUT2D eigenvalue weighted by Gasteiger charge is 2.19. The fourth-order valence-electron chi connectivity index (χ4n) is 2.17. The number of aliphatic hydroxyl groups is 1. The Hall–Kier alpha value is -2.32. The SMILES string of the molecule is N#Cc1cccc(CNC(=O)N[C@@H]2C=C[C@H](CO)C2)c1. The van der Waals surface area contributed by atoms with Crippen LogP contribution in [-0.2, 0) is 6.54 Å². The van der Waals surface area contributed by atoms with Crippen molar-refractivity contribution in [1.29, 1.82) is 5.26 Å². The van der Waals surface area contributed by atoms with Crippen molar-refractivity contribution in [3.8, 4) is 6.07 Å². The highest BCUT2D eigenvalue weighted by Crippen LogP contribution is 2.16. The van der Waals surface area contributed by atoms with Crippen molar-refractivity contribution >= 4 is 6.03 Å². The second-order valence-electron chi connectivity index (χ2n) is 4.81. The summed E-state index contributed by atoms with van der Waals surface area (Å²) < 4.78 is 0. The van der Waals surface area contributed by atoms with E-state index in [-0.39, 0.29) is 24.6 Å². The Morgan fingerprint density at radius 2 is 2.30 bits per heavy atom. The number of benzene rings is 1. The van der Waals surface area contributed by atoms with Gasteiger partial charge in [-0.2, -0.15) is 5.26 Å². The molecule has 0 fully saturated rings. The summed E-state index contributed by atoms with van der Waals surface area (Å²) in [4.78, 5) is 11.7. The number of hydrogen-bond donors (Lipinski definition) is 3. The number of carbonyl (C=O) groups excluding carboxylic acids is 1. The number of nitrogens with zero attached hydrogens (tertiary/aromatic N) is 1. The standard InChI is InChI=1S/C15H17N3O2/c16-8-11-2-1-3-12(6-11)9-17-15(20)18-14-5-4-13(7-14)10-19/h1-6,13-14,19H,7,9-10H2,(H2,17,18,20)/t13-,14+/m0/s1. The van der Waals surface area contributed by atoms with Gasteiger partial charge in [0.15, 0.2) is 0 Å². The Labute approximate surface area is 117 Å². The fraction of sp³-hybridized carbons (Fsp3) is 0.333. The number of carbonyl (C=O) groups is 1. The molecule has 20 heavy (non-hydrogen) atoms. The minimum absolute atomic E-state index is 0.0300. The van der Waals surface area contributed by atoms with E-state index in [0.29, 0.717) is 12.1 Å². The van der Waals surface area contributed by atoms with Crippen LogP contribution in [0.5, 0.6) is 0 Å². The van der Waals surface area contributed by atoms with E-state index in [9.17, 15) is 4.79 Å². The van der Waals surface area contributed by atoms with E-state index < -0.39 is 0 Å². The van der Waals surface area contributed by atoms with E-state index in [1.54, 1.807) is 18.2 Å². The number of nitrogens with one attached hydrogen (secondary N) is 2. The summed E-state index contributed by atoms with van der Waals surface area (Å²) in [5.74, 6) is 0.132.